The molecule has 0 aliphatic carbocycles. The molecule has 26 heavy (non-hydrogen) atoms. The number of rotatable bonds is 5. The molecule has 1 aliphatic heterocycles. The Morgan fingerprint density at radius 1 is 1.15 bits per heavy atom. The minimum absolute atomic E-state index is 0.166. The second-order valence-corrected chi connectivity index (χ2v) is 14.4. The van der Waals surface area contributed by atoms with Crippen LogP contribution in [0.2, 0.25) is 18.1 Å². The summed E-state index contributed by atoms with van der Waals surface area (Å²) in [5.74, 6) is 2.08. The average Bonchev–Trinajstić information content (AvgIpc) is 2.54. The molecule has 0 spiro atoms. The molecule has 1 aliphatic rings. The summed E-state index contributed by atoms with van der Waals surface area (Å²) in [7, 11) is -1.90. The molecule has 1 atom stereocenters. The highest BCUT2D eigenvalue weighted by atomic mass is 28.4. The Labute approximate surface area is 160 Å². The van der Waals surface area contributed by atoms with Crippen LogP contribution in [0.3, 0.4) is 0 Å². The van der Waals surface area contributed by atoms with Crippen LogP contribution in [-0.4, -0.2) is 20.2 Å². The molecule has 0 aromatic heterocycles. The predicted octanol–water partition coefficient (Wildman–Crippen LogP) is 6.06. The summed E-state index contributed by atoms with van der Waals surface area (Å²) in [6, 6.07) is 0. The Bertz CT molecular complexity index is 701. The van der Waals surface area contributed by atoms with E-state index in [0.717, 1.165) is 37.0 Å². The number of hydrogen-bond donors (Lipinski definition) is 0. The van der Waals surface area contributed by atoms with Crippen molar-refractivity contribution in [1.82, 2.24) is 0 Å². The molecule has 0 radical (unpaired) electrons. The third-order valence-electron chi connectivity index (χ3n) is 6.52. The van der Waals surface area contributed by atoms with Crippen molar-refractivity contribution in [3.63, 3.8) is 0 Å². The van der Waals surface area contributed by atoms with Gasteiger partial charge in [-0.05, 0) is 81.8 Å². The van der Waals surface area contributed by atoms with Gasteiger partial charge in [0, 0.05) is 12.0 Å². The molecule has 0 saturated heterocycles. The van der Waals surface area contributed by atoms with Crippen molar-refractivity contribution < 1.29 is 14.0 Å². The lowest BCUT2D eigenvalue weighted by Gasteiger charge is -2.40. The summed E-state index contributed by atoms with van der Waals surface area (Å²) in [6.07, 6.45) is 4.23. The Balaban J connectivity index is 2.46. The van der Waals surface area contributed by atoms with E-state index in [1.54, 1.807) is 0 Å². The standard InChI is InChI=1S/C22H36O3Si/c1-15-16(2)20-18(11-13-22(7,24-20)12-10-14-23)17(3)19(15)25-26(8,9)21(4,5)6/h14H,10-13H2,1-9H3/t22-/m0/s1. The molecule has 3 nitrogen and oxygen atoms in total. The molecule has 0 saturated carbocycles. The summed E-state index contributed by atoms with van der Waals surface area (Å²) < 4.78 is 13.2. The Morgan fingerprint density at radius 2 is 1.77 bits per heavy atom. The third-order valence-corrected chi connectivity index (χ3v) is 10.8. The van der Waals surface area contributed by atoms with E-state index < -0.39 is 8.32 Å². The minimum atomic E-state index is -1.90. The fraction of sp³-hybridized carbons (Fsp3) is 0.682. The Hall–Kier alpha value is -1.29. The van der Waals surface area contributed by atoms with Crippen molar-refractivity contribution in [3.05, 3.63) is 22.3 Å². The molecule has 4 heteroatoms. The number of aldehydes is 1. The van der Waals surface area contributed by atoms with Crippen molar-refractivity contribution in [3.8, 4) is 11.5 Å². The Morgan fingerprint density at radius 3 is 2.31 bits per heavy atom. The fourth-order valence-corrected chi connectivity index (χ4v) is 4.51. The SMILES string of the molecule is Cc1c(C)c2c(c(C)c1O[Si](C)(C)C(C)(C)C)CC[C@](C)(CCC=O)O2. The summed E-state index contributed by atoms with van der Waals surface area (Å²) in [6.45, 7) is 20.0. The minimum Gasteiger partial charge on any atom is -0.543 e. The van der Waals surface area contributed by atoms with E-state index in [0.29, 0.717) is 6.42 Å². The van der Waals surface area contributed by atoms with Gasteiger partial charge in [0.15, 0.2) is 0 Å². The van der Waals surface area contributed by atoms with Crippen molar-refractivity contribution in [2.24, 2.45) is 0 Å². The van der Waals surface area contributed by atoms with E-state index in [1.807, 2.05) is 0 Å². The van der Waals surface area contributed by atoms with Crippen LogP contribution in [0.15, 0.2) is 0 Å². The van der Waals surface area contributed by atoms with Crippen LogP contribution in [0.1, 0.15) is 69.2 Å². The van der Waals surface area contributed by atoms with Gasteiger partial charge < -0.3 is 14.0 Å². The van der Waals surface area contributed by atoms with Crippen LogP contribution in [0, 0.1) is 20.8 Å². The molecule has 1 aromatic carbocycles. The highest BCUT2D eigenvalue weighted by Crippen LogP contribution is 2.47. The van der Waals surface area contributed by atoms with Crippen molar-refractivity contribution in [2.45, 2.75) is 97.9 Å². The normalized spacial score (nSPS) is 20.3. The number of fused-ring (bicyclic) bond motifs is 1. The smallest absolute Gasteiger partial charge is 0.250 e. The summed E-state index contributed by atoms with van der Waals surface area (Å²) in [5.41, 5.74) is 4.62. The average molecular weight is 377 g/mol. The zero-order chi connectivity index (χ0) is 19.9. The van der Waals surface area contributed by atoms with Crippen LogP contribution >= 0.6 is 0 Å². The molecule has 0 unspecified atom stereocenters. The lowest BCUT2D eigenvalue weighted by atomic mass is 9.85. The zero-order valence-corrected chi connectivity index (χ0v) is 19.1. The van der Waals surface area contributed by atoms with Crippen LogP contribution in [0.5, 0.6) is 11.5 Å². The first-order valence-corrected chi connectivity index (χ1v) is 12.7. The van der Waals surface area contributed by atoms with E-state index >= 15 is 0 Å². The number of ether oxygens (including phenoxy) is 1. The molecule has 0 bridgehead atoms. The molecule has 0 amide bonds. The largest absolute Gasteiger partial charge is 0.543 e. The van der Waals surface area contributed by atoms with E-state index in [2.05, 4.69) is 61.6 Å². The fourth-order valence-electron chi connectivity index (χ4n) is 3.38. The van der Waals surface area contributed by atoms with Crippen LogP contribution in [0.25, 0.3) is 0 Å². The molecule has 1 aromatic rings. The first-order valence-electron chi connectivity index (χ1n) is 9.77. The monoisotopic (exact) mass is 376 g/mol. The number of hydrogen-bond acceptors (Lipinski definition) is 3. The van der Waals surface area contributed by atoms with Gasteiger partial charge in [0.25, 0.3) is 8.32 Å². The van der Waals surface area contributed by atoms with Gasteiger partial charge in [-0.15, -0.1) is 0 Å². The summed E-state index contributed by atoms with van der Waals surface area (Å²) in [5, 5.41) is 0.166. The predicted molar refractivity (Wildman–Crippen MR) is 111 cm³/mol. The zero-order valence-electron chi connectivity index (χ0n) is 18.1. The van der Waals surface area contributed by atoms with Crippen LogP contribution in [-0.2, 0) is 11.2 Å². The molecule has 1 heterocycles. The first kappa shape index (κ1) is 21.0. The van der Waals surface area contributed by atoms with E-state index in [-0.39, 0.29) is 10.6 Å². The van der Waals surface area contributed by atoms with Gasteiger partial charge in [0.1, 0.15) is 23.4 Å². The molecular weight excluding hydrogens is 340 g/mol. The summed E-state index contributed by atoms with van der Waals surface area (Å²) >= 11 is 0. The highest BCUT2D eigenvalue weighted by molar-refractivity contribution is 6.74. The van der Waals surface area contributed by atoms with Crippen LogP contribution in [0.4, 0.5) is 0 Å². The van der Waals surface area contributed by atoms with Crippen LogP contribution < -0.4 is 9.16 Å². The molecule has 146 valence electrons. The van der Waals surface area contributed by atoms with Gasteiger partial charge >= 0.3 is 0 Å². The topological polar surface area (TPSA) is 35.5 Å². The quantitative estimate of drug-likeness (QED) is 0.463. The van der Waals surface area contributed by atoms with Crippen molar-refractivity contribution >= 4 is 14.6 Å². The second kappa shape index (κ2) is 7.03. The van der Waals surface area contributed by atoms with Gasteiger partial charge in [-0.1, -0.05) is 20.8 Å². The van der Waals surface area contributed by atoms with Gasteiger partial charge in [0.05, 0.1) is 0 Å². The summed E-state index contributed by atoms with van der Waals surface area (Å²) in [4.78, 5) is 10.8. The highest BCUT2D eigenvalue weighted by Gasteiger charge is 2.41. The van der Waals surface area contributed by atoms with E-state index in [1.165, 1.54) is 22.3 Å². The van der Waals surface area contributed by atoms with Gasteiger partial charge in [-0.25, -0.2) is 0 Å². The molecule has 2 rings (SSSR count). The lowest BCUT2D eigenvalue weighted by Crippen LogP contribution is -2.44. The molecular formula is C22H36O3Si. The van der Waals surface area contributed by atoms with Gasteiger partial charge in [-0.3, -0.25) is 0 Å². The second-order valence-electron chi connectivity index (χ2n) is 9.63. The number of carbonyl (C=O) groups excluding carboxylic acids is 1. The van der Waals surface area contributed by atoms with Crippen molar-refractivity contribution in [1.29, 1.82) is 0 Å². The van der Waals surface area contributed by atoms with E-state index in [9.17, 15) is 4.79 Å². The Kier molecular flexibility index (Phi) is 5.68. The van der Waals surface area contributed by atoms with Crippen molar-refractivity contribution in [2.75, 3.05) is 0 Å². The lowest BCUT2D eigenvalue weighted by molar-refractivity contribution is -0.108. The maximum absolute atomic E-state index is 10.8. The molecule has 0 fully saturated rings. The first-order chi connectivity index (χ1) is 11.8. The number of carbonyl (C=O) groups is 1. The third kappa shape index (κ3) is 3.85. The number of benzene rings is 1. The maximum Gasteiger partial charge on any atom is 0.250 e. The van der Waals surface area contributed by atoms with E-state index in [4.69, 9.17) is 9.16 Å². The molecule has 0 N–H and O–H groups in total. The maximum atomic E-state index is 10.8. The van der Waals surface area contributed by atoms with Gasteiger partial charge in [0.2, 0.25) is 0 Å². The van der Waals surface area contributed by atoms with Gasteiger partial charge in [-0.2, -0.15) is 0 Å².